The lowest BCUT2D eigenvalue weighted by molar-refractivity contribution is -0.148. The Hall–Kier alpha value is -1.08. The standard InChI is InChI=1S/C6H9NO3/c1-2-4(3-7)5(8)6(9)10/h4-5,8H,2H2,1H3,(H,9,10). The highest BCUT2D eigenvalue weighted by atomic mass is 16.4. The number of nitrogens with zero attached hydrogens (tertiary/aromatic N) is 1. The summed E-state index contributed by atoms with van der Waals surface area (Å²) in [5.74, 6) is -2.13. The molecule has 0 aromatic rings. The summed E-state index contributed by atoms with van der Waals surface area (Å²) in [5.41, 5.74) is 0. The molecular weight excluding hydrogens is 134 g/mol. The third-order valence-corrected chi connectivity index (χ3v) is 1.24. The average Bonchev–Trinajstić information content (AvgIpc) is 1.90. The first-order chi connectivity index (χ1) is 4.63. The van der Waals surface area contributed by atoms with E-state index in [4.69, 9.17) is 15.5 Å². The van der Waals surface area contributed by atoms with Crippen molar-refractivity contribution < 1.29 is 15.0 Å². The van der Waals surface area contributed by atoms with Gasteiger partial charge < -0.3 is 10.2 Å². The lowest BCUT2D eigenvalue weighted by atomic mass is 10.0. The molecular formula is C6H9NO3. The second-order valence-electron chi connectivity index (χ2n) is 1.93. The Morgan fingerprint density at radius 2 is 2.30 bits per heavy atom. The fourth-order valence-corrected chi connectivity index (χ4v) is 0.557. The van der Waals surface area contributed by atoms with Crippen molar-refractivity contribution in [3.63, 3.8) is 0 Å². The molecule has 0 fully saturated rings. The number of aliphatic hydroxyl groups excluding tert-OH is 1. The molecule has 0 aliphatic heterocycles. The molecule has 56 valence electrons. The normalized spacial score (nSPS) is 15.3. The highest BCUT2D eigenvalue weighted by Gasteiger charge is 2.23. The lowest BCUT2D eigenvalue weighted by Gasteiger charge is -2.08. The van der Waals surface area contributed by atoms with Crippen LogP contribution < -0.4 is 0 Å². The van der Waals surface area contributed by atoms with Gasteiger partial charge in [0, 0.05) is 0 Å². The molecule has 0 spiro atoms. The number of carboxylic acid groups (broad SMARTS) is 1. The minimum atomic E-state index is -1.55. The molecule has 0 bridgehead atoms. The van der Waals surface area contributed by atoms with Gasteiger partial charge in [-0.15, -0.1) is 0 Å². The zero-order valence-corrected chi connectivity index (χ0v) is 5.61. The van der Waals surface area contributed by atoms with E-state index in [1.54, 1.807) is 13.0 Å². The van der Waals surface area contributed by atoms with E-state index in [1.807, 2.05) is 0 Å². The maximum atomic E-state index is 10.1. The number of aliphatic hydroxyl groups is 1. The second-order valence-corrected chi connectivity index (χ2v) is 1.93. The summed E-state index contributed by atoms with van der Waals surface area (Å²) in [7, 11) is 0. The van der Waals surface area contributed by atoms with Crippen molar-refractivity contribution in [3.8, 4) is 6.07 Å². The van der Waals surface area contributed by atoms with Gasteiger partial charge in [-0.2, -0.15) is 5.26 Å². The van der Waals surface area contributed by atoms with E-state index in [1.165, 1.54) is 0 Å². The van der Waals surface area contributed by atoms with Crippen molar-refractivity contribution in [1.29, 1.82) is 5.26 Å². The summed E-state index contributed by atoms with van der Waals surface area (Å²) < 4.78 is 0. The molecule has 0 aliphatic carbocycles. The molecule has 0 aliphatic rings. The van der Waals surface area contributed by atoms with Crippen molar-refractivity contribution in [3.05, 3.63) is 0 Å². The highest BCUT2D eigenvalue weighted by Crippen LogP contribution is 2.06. The summed E-state index contributed by atoms with van der Waals surface area (Å²) in [6.45, 7) is 1.65. The molecule has 0 radical (unpaired) electrons. The van der Waals surface area contributed by atoms with E-state index in [0.29, 0.717) is 6.42 Å². The van der Waals surface area contributed by atoms with Gasteiger partial charge in [0.25, 0.3) is 0 Å². The van der Waals surface area contributed by atoms with E-state index in [0.717, 1.165) is 0 Å². The van der Waals surface area contributed by atoms with E-state index in [9.17, 15) is 4.79 Å². The summed E-state index contributed by atoms with van der Waals surface area (Å²) in [5, 5.41) is 25.2. The molecule has 10 heavy (non-hydrogen) atoms. The van der Waals surface area contributed by atoms with Crippen LogP contribution in [0, 0.1) is 17.2 Å². The van der Waals surface area contributed by atoms with Crippen LogP contribution in [0.1, 0.15) is 13.3 Å². The molecule has 0 aromatic heterocycles. The molecule has 2 atom stereocenters. The minimum Gasteiger partial charge on any atom is -0.479 e. The molecule has 2 N–H and O–H groups in total. The third-order valence-electron chi connectivity index (χ3n) is 1.24. The monoisotopic (exact) mass is 143 g/mol. The van der Waals surface area contributed by atoms with Gasteiger partial charge in [0.15, 0.2) is 6.10 Å². The minimum absolute atomic E-state index is 0.351. The fourth-order valence-electron chi connectivity index (χ4n) is 0.557. The van der Waals surface area contributed by atoms with Gasteiger partial charge in [-0.05, 0) is 6.42 Å². The van der Waals surface area contributed by atoms with Crippen LogP contribution in [-0.4, -0.2) is 22.3 Å². The van der Waals surface area contributed by atoms with Crippen LogP contribution in [0.4, 0.5) is 0 Å². The first kappa shape index (κ1) is 8.92. The maximum absolute atomic E-state index is 10.1. The summed E-state index contributed by atoms with van der Waals surface area (Å²) >= 11 is 0. The Balaban J connectivity index is 4.05. The van der Waals surface area contributed by atoms with E-state index in [2.05, 4.69) is 0 Å². The van der Waals surface area contributed by atoms with Crippen molar-refractivity contribution in [2.75, 3.05) is 0 Å². The van der Waals surface area contributed by atoms with Gasteiger partial charge in [0.05, 0.1) is 12.0 Å². The zero-order valence-electron chi connectivity index (χ0n) is 5.61. The SMILES string of the molecule is CCC(C#N)C(O)C(=O)O. The molecule has 2 unspecified atom stereocenters. The van der Waals surface area contributed by atoms with Gasteiger partial charge in [-0.1, -0.05) is 6.92 Å². The topological polar surface area (TPSA) is 81.3 Å². The Bertz CT molecular complexity index is 161. The van der Waals surface area contributed by atoms with Crippen LogP contribution in [-0.2, 0) is 4.79 Å². The summed E-state index contributed by atoms with van der Waals surface area (Å²) in [6, 6.07) is 1.70. The van der Waals surface area contributed by atoms with Gasteiger partial charge in [0.1, 0.15) is 0 Å². The Kier molecular flexibility index (Phi) is 3.44. The lowest BCUT2D eigenvalue weighted by Crippen LogP contribution is -2.27. The number of rotatable bonds is 3. The average molecular weight is 143 g/mol. The zero-order chi connectivity index (χ0) is 8.15. The maximum Gasteiger partial charge on any atom is 0.333 e. The van der Waals surface area contributed by atoms with E-state index < -0.39 is 18.0 Å². The Labute approximate surface area is 58.7 Å². The summed E-state index contributed by atoms with van der Waals surface area (Å²) in [4.78, 5) is 10.1. The van der Waals surface area contributed by atoms with Crippen LogP contribution in [0.3, 0.4) is 0 Å². The molecule has 4 heteroatoms. The van der Waals surface area contributed by atoms with Crippen molar-refractivity contribution in [2.24, 2.45) is 5.92 Å². The number of carbonyl (C=O) groups is 1. The molecule has 0 aromatic carbocycles. The molecule has 0 rings (SSSR count). The van der Waals surface area contributed by atoms with Gasteiger partial charge >= 0.3 is 5.97 Å². The first-order valence-corrected chi connectivity index (χ1v) is 2.94. The van der Waals surface area contributed by atoms with Crippen LogP contribution in [0.25, 0.3) is 0 Å². The Morgan fingerprint density at radius 3 is 2.40 bits per heavy atom. The van der Waals surface area contributed by atoms with E-state index >= 15 is 0 Å². The largest absolute Gasteiger partial charge is 0.479 e. The molecule has 4 nitrogen and oxygen atoms in total. The van der Waals surface area contributed by atoms with Crippen LogP contribution in [0.5, 0.6) is 0 Å². The predicted octanol–water partition coefficient (Wildman–Crippen LogP) is -0.0183. The Morgan fingerprint density at radius 1 is 1.80 bits per heavy atom. The van der Waals surface area contributed by atoms with Gasteiger partial charge in [0.2, 0.25) is 0 Å². The quantitative estimate of drug-likeness (QED) is 0.581. The number of hydrogen-bond acceptors (Lipinski definition) is 3. The molecule has 0 saturated heterocycles. The smallest absolute Gasteiger partial charge is 0.333 e. The third kappa shape index (κ3) is 2.03. The van der Waals surface area contributed by atoms with Crippen LogP contribution in [0.15, 0.2) is 0 Å². The summed E-state index contributed by atoms with van der Waals surface area (Å²) in [6.07, 6.45) is -1.20. The van der Waals surface area contributed by atoms with Crippen molar-refractivity contribution in [2.45, 2.75) is 19.4 Å². The van der Waals surface area contributed by atoms with Gasteiger partial charge in [-0.25, -0.2) is 4.79 Å². The number of aliphatic carboxylic acids is 1. The van der Waals surface area contributed by atoms with Crippen LogP contribution >= 0.6 is 0 Å². The fraction of sp³-hybridized carbons (Fsp3) is 0.667. The number of hydrogen-bond donors (Lipinski definition) is 2. The predicted molar refractivity (Wildman–Crippen MR) is 33.0 cm³/mol. The number of carboxylic acids is 1. The van der Waals surface area contributed by atoms with Crippen molar-refractivity contribution >= 4 is 5.97 Å². The highest BCUT2D eigenvalue weighted by molar-refractivity contribution is 5.72. The second kappa shape index (κ2) is 3.85. The molecule has 0 heterocycles. The van der Waals surface area contributed by atoms with Crippen LogP contribution in [0.2, 0.25) is 0 Å². The molecule has 0 saturated carbocycles. The van der Waals surface area contributed by atoms with Gasteiger partial charge in [-0.3, -0.25) is 0 Å². The van der Waals surface area contributed by atoms with Crippen molar-refractivity contribution in [1.82, 2.24) is 0 Å². The first-order valence-electron chi connectivity index (χ1n) is 2.94. The van der Waals surface area contributed by atoms with E-state index in [-0.39, 0.29) is 0 Å². The number of nitriles is 1. The molecule has 0 amide bonds.